The van der Waals surface area contributed by atoms with Crippen molar-refractivity contribution in [2.75, 3.05) is 0 Å². The summed E-state index contributed by atoms with van der Waals surface area (Å²) in [5.74, 6) is 0. The summed E-state index contributed by atoms with van der Waals surface area (Å²) < 4.78 is 0. The maximum absolute atomic E-state index is 0. The summed E-state index contributed by atoms with van der Waals surface area (Å²) in [7, 11) is 0. The maximum Gasteiger partial charge on any atom is 0.0814 e. The van der Waals surface area contributed by atoms with Crippen LogP contribution in [0.5, 0.6) is 0 Å². The third kappa shape index (κ3) is 22.6. The van der Waals surface area contributed by atoms with E-state index in [-0.39, 0.29) is 79.7 Å². The maximum atomic E-state index is 0. The SMILES string of the molecule is B.[Cu].[Fe].[SiH4].[Zr]. The van der Waals surface area contributed by atoms with Crippen LogP contribution in [0, 0.1) is 0 Å². The molecule has 0 aliphatic carbocycles. The second kappa shape index (κ2) is 34.6. The van der Waals surface area contributed by atoms with Crippen LogP contribution in [-0.4, -0.2) is 19.4 Å². The zero-order valence-corrected chi connectivity index (χ0v) is 5.66. The van der Waals surface area contributed by atoms with Gasteiger partial charge in [-0.15, -0.1) is 0 Å². The van der Waals surface area contributed by atoms with Gasteiger partial charge in [-0.1, -0.05) is 0 Å². The van der Waals surface area contributed by atoms with Gasteiger partial charge in [0.25, 0.3) is 0 Å². The minimum atomic E-state index is 0. The Morgan fingerprint density at radius 1 is 1.00 bits per heavy atom. The molecule has 5 heteroatoms. The van der Waals surface area contributed by atoms with Crippen molar-refractivity contribution in [3.8, 4) is 0 Å². The van der Waals surface area contributed by atoms with E-state index in [1.807, 2.05) is 0 Å². The third-order valence-electron chi connectivity index (χ3n) is 0. The summed E-state index contributed by atoms with van der Waals surface area (Å²) >= 11 is 0. The van der Waals surface area contributed by atoms with Gasteiger partial charge in [-0.3, -0.25) is 0 Å². The van der Waals surface area contributed by atoms with Crippen molar-refractivity contribution in [2.45, 2.75) is 0 Å². The van der Waals surface area contributed by atoms with Gasteiger partial charge in [0.1, 0.15) is 0 Å². The van der Waals surface area contributed by atoms with Crippen LogP contribution in [0.25, 0.3) is 0 Å². The van der Waals surface area contributed by atoms with Crippen LogP contribution in [0.2, 0.25) is 0 Å². The molecule has 0 saturated carbocycles. The fourth-order valence-corrected chi connectivity index (χ4v) is 0. The van der Waals surface area contributed by atoms with Crippen LogP contribution in [0.3, 0.4) is 0 Å². The molecule has 0 atom stereocenters. The van der Waals surface area contributed by atoms with E-state index in [2.05, 4.69) is 0 Å². The van der Waals surface area contributed by atoms with Crippen molar-refractivity contribution in [3.63, 3.8) is 0 Å². The van der Waals surface area contributed by atoms with Gasteiger partial charge in [-0.2, -0.15) is 0 Å². The molecule has 0 rings (SSSR count). The van der Waals surface area contributed by atoms with Crippen LogP contribution in [-0.2, 0) is 60.3 Å². The average molecular weight is 257 g/mol. The van der Waals surface area contributed by atoms with E-state index < -0.39 is 0 Å². The van der Waals surface area contributed by atoms with Crippen molar-refractivity contribution in [1.29, 1.82) is 0 Å². The molecule has 0 spiro atoms. The van der Waals surface area contributed by atoms with Gasteiger partial charge in [0, 0.05) is 60.3 Å². The Morgan fingerprint density at radius 2 is 1.00 bits per heavy atom. The van der Waals surface area contributed by atoms with Crippen LogP contribution in [0.15, 0.2) is 0 Å². The minimum absolute atomic E-state index is 0. The Balaban J connectivity index is 0. The quantitative estimate of drug-likeness (QED) is 0.416. The molecule has 0 fully saturated rings. The van der Waals surface area contributed by atoms with E-state index >= 15 is 0 Å². The van der Waals surface area contributed by atoms with Gasteiger partial charge in [0.15, 0.2) is 0 Å². The van der Waals surface area contributed by atoms with Gasteiger partial charge >= 0.3 is 0 Å². The molecule has 0 saturated heterocycles. The third-order valence-corrected chi connectivity index (χ3v) is 0. The Morgan fingerprint density at radius 3 is 1.00 bits per heavy atom. The first-order valence-corrected chi connectivity index (χ1v) is 0. The first-order valence-electron chi connectivity index (χ1n) is 0. The average Bonchev–Trinajstić information content (AvgIpc) is 0. The number of hydrogen-bond donors (Lipinski definition) is 0. The van der Waals surface area contributed by atoms with E-state index in [1.165, 1.54) is 0 Å². The predicted octanol–water partition coefficient (Wildman–Crippen LogP) is -2.64. The zero-order valence-electron chi connectivity index (χ0n) is 1.16. The predicted molar refractivity (Wildman–Crippen MR) is 21.3 cm³/mol. The summed E-state index contributed by atoms with van der Waals surface area (Å²) in [5, 5.41) is 0. The molecule has 0 aliphatic heterocycles. The molecule has 0 aromatic heterocycles. The summed E-state index contributed by atoms with van der Waals surface area (Å²) in [6.07, 6.45) is 0. The Labute approximate surface area is 78.9 Å². The van der Waals surface area contributed by atoms with Gasteiger partial charge < -0.3 is 0 Å². The molecule has 0 N–H and O–H groups in total. The Kier molecular flexibility index (Phi) is 395. The molecular formula is H7BCuFeSiZr. The number of hydrogen-bond acceptors (Lipinski definition) is 0. The molecule has 0 heterocycles. The summed E-state index contributed by atoms with van der Waals surface area (Å²) in [5.41, 5.74) is 0. The summed E-state index contributed by atoms with van der Waals surface area (Å²) in [6, 6.07) is 0. The second-order valence-electron chi connectivity index (χ2n) is 0. The van der Waals surface area contributed by atoms with Crippen LogP contribution in [0.1, 0.15) is 0 Å². The molecule has 5 heavy (non-hydrogen) atoms. The van der Waals surface area contributed by atoms with Gasteiger partial charge in [0.2, 0.25) is 0 Å². The van der Waals surface area contributed by atoms with Crippen LogP contribution >= 0.6 is 0 Å². The molecule has 1 radical (unpaired) electrons. The molecule has 0 aliphatic rings. The van der Waals surface area contributed by atoms with E-state index in [0.29, 0.717) is 0 Å². The topological polar surface area (TPSA) is 0 Å². The fourth-order valence-electron chi connectivity index (χ4n) is 0. The normalized spacial score (nSPS) is 0. The van der Waals surface area contributed by atoms with Crippen LogP contribution < -0.4 is 0 Å². The Hall–Kier alpha value is 2.20. The first kappa shape index (κ1) is 57.1. The standard InChI is InChI=1S/BH3.Cu.Fe.H4Si.Zr/h1H3;;;1H4;. The van der Waals surface area contributed by atoms with Crippen LogP contribution in [0.4, 0.5) is 0 Å². The van der Waals surface area contributed by atoms with E-state index in [1.54, 1.807) is 0 Å². The molecule has 0 nitrogen and oxygen atoms in total. The second-order valence-corrected chi connectivity index (χ2v) is 0. The van der Waals surface area contributed by atoms with Gasteiger partial charge in [0.05, 0.1) is 8.41 Å². The van der Waals surface area contributed by atoms with E-state index in [9.17, 15) is 0 Å². The fraction of sp³-hybridized carbons (Fsp3) is 0. The van der Waals surface area contributed by atoms with Crippen molar-refractivity contribution in [1.82, 2.24) is 0 Å². The van der Waals surface area contributed by atoms with Crippen molar-refractivity contribution >= 4 is 19.4 Å². The number of rotatable bonds is 0. The molecule has 0 unspecified atom stereocenters. The Bertz CT molecular complexity index is 11.6. The molecule has 37 valence electrons. The summed E-state index contributed by atoms with van der Waals surface area (Å²) in [4.78, 5) is 0. The van der Waals surface area contributed by atoms with E-state index in [0.717, 1.165) is 0 Å². The minimum Gasteiger partial charge on any atom is -0.0149 e. The molecule has 0 amide bonds. The van der Waals surface area contributed by atoms with Crippen molar-refractivity contribution in [3.05, 3.63) is 0 Å². The smallest absolute Gasteiger partial charge is 0.0149 e. The van der Waals surface area contributed by atoms with Crippen molar-refractivity contribution < 1.29 is 60.3 Å². The largest absolute Gasteiger partial charge is 0.0814 e. The molecular weight excluding hydrogens is 250 g/mol. The molecule has 0 aromatic carbocycles. The zero-order chi connectivity index (χ0) is 0. The van der Waals surface area contributed by atoms with Gasteiger partial charge in [-0.25, -0.2) is 0 Å². The van der Waals surface area contributed by atoms with Gasteiger partial charge in [-0.05, 0) is 11.0 Å². The first-order chi connectivity index (χ1) is 0. The monoisotopic (exact) mass is 255 g/mol. The van der Waals surface area contributed by atoms with E-state index in [4.69, 9.17) is 0 Å². The molecule has 0 bridgehead atoms. The summed E-state index contributed by atoms with van der Waals surface area (Å²) in [6.45, 7) is 0. The van der Waals surface area contributed by atoms with Crippen molar-refractivity contribution in [2.24, 2.45) is 0 Å². The molecule has 0 aromatic rings.